The number of Topliss-reactive ketones (excluding diaryl/α,β-unsaturated/α-hetero) is 1. The van der Waals surface area contributed by atoms with Crippen LogP contribution in [-0.4, -0.2) is 44.2 Å². The smallest absolute Gasteiger partial charge is 0.243 e. The minimum Gasteiger partial charge on any atom is -0.314 e. The van der Waals surface area contributed by atoms with Crippen LogP contribution in [0.25, 0.3) is 0 Å². The summed E-state index contributed by atoms with van der Waals surface area (Å²) < 4.78 is 27.1. The van der Waals surface area contributed by atoms with Gasteiger partial charge in [-0.25, -0.2) is 8.42 Å². The molecule has 2 aliphatic heterocycles. The molecule has 114 valence electrons. The molecule has 1 aromatic carbocycles. The Hall–Kier alpha value is -1.24. The number of nitrogens with zero attached hydrogens (tertiary/aromatic N) is 1. The van der Waals surface area contributed by atoms with Crippen LogP contribution >= 0.6 is 0 Å². The van der Waals surface area contributed by atoms with Crippen LogP contribution in [0.4, 0.5) is 0 Å². The standard InChI is InChI=1S/C15H20N2O3S/c1-11(18)12-3-2-4-14(9-12)21(19,20)17-8-6-15-13(10-17)5-7-16-15/h2-4,9,13,15-16H,5-8,10H2,1H3. The van der Waals surface area contributed by atoms with Gasteiger partial charge in [0.15, 0.2) is 5.78 Å². The van der Waals surface area contributed by atoms with Crippen molar-refractivity contribution in [1.29, 1.82) is 0 Å². The molecule has 2 atom stereocenters. The van der Waals surface area contributed by atoms with E-state index in [2.05, 4.69) is 5.32 Å². The first-order valence-corrected chi connectivity index (χ1v) is 8.77. The second kappa shape index (κ2) is 5.51. The molecule has 21 heavy (non-hydrogen) atoms. The lowest BCUT2D eigenvalue weighted by atomic mass is 9.95. The number of nitrogens with one attached hydrogen (secondary N) is 1. The molecule has 2 aliphatic rings. The molecule has 5 nitrogen and oxygen atoms in total. The average molecular weight is 308 g/mol. The number of carbonyl (C=O) groups is 1. The van der Waals surface area contributed by atoms with Gasteiger partial charge in [-0.1, -0.05) is 12.1 Å². The number of sulfonamides is 1. The Labute approximate surface area is 125 Å². The van der Waals surface area contributed by atoms with E-state index >= 15 is 0 Å². The highest BCUT2D eigenvalue weighted by Crippen LogP contribution is 2.28. The van der Waals surface area contributed by atoms with Crippen LogP contribution in [0.3, 0.4) is 0 Å². The summed E-state index contributed by atoms with van der Waals surface area (Å²) in [4.78, 5) is 11.7. The van der Waals surface area contributed by atoms with Crippen molar-refractivity contribution in [3.8, 4) is 0 Å². The zero-order valence-corrected chi connectivity index (χ0v) is 12.9. The van der Waals surface area contributed by atoms with Crippen molar-refractivity contribution < 1.29 is 13.2 Å². The summed E-state index contributed by atoms with van der Waals surface area (Å²) in [5.74, 6) is 0.287. The Balaban J connectivity index is 1.86. The maximum atomic E-state index is 12.7. The number of hydrogen-bond donors (Lipinski definition) is 1. The van der Waals surface area contributed by atoms with E-state index in [1.165, 1.54) is 13.0 Å². The van der Waals surface area contributed by atoms with Crippen LogP contribution < -0.4 is 5.32 Å². The molecule has 0 amide bonds. The normalized spacial score (nSPS) is 26.5. The van der Waals surface area contributed by atoms with Gasteiger partial charge >= 0.3 is 0 Å². The van der Waals surface area contributed by atoms with Gasteiger partial charge in [0.2, 0.25) is 10.0 Å². The van der Waals surface area contributed by atoms with Crippen LogP contribution in [0.15, 0.2) is 29.2 Å². The van der Waals surface area contributed by atoms with Gasteiger partial charge in [0.05, 0.1) is 4.90 Å². The van der Waals surface area contributed by atoms with Crippen LogP contribution in [0, 0.1) is 5.92 Å². The lowest BCUT2D eigenvalue weighted by Gasteiger charge is -2.34. The van der Waals surface area contributed by atoms with Crippen molar-refractivity contribution in [2.24, 2.45) is 5.92 Å². The average Bonchev–Trinajstić information content (AvgIpc) is 2.94. The zero-order chi connectivity index (χ0) is 15.0. The summed E-state index contributed by atoms with van der Waals surface area (Å²) in [6.07, 6.45) is 1.89. The third-order valence-electron chi connectivity index (χ3n) is 4.50. The number of benzene rings is 1. The Morgan fingerprint density at radius 2 is 2.14 bits per heavy atom. The van der Waals surface area contributed by atoms with Gasteiger partial charge in [-0.3, -0.25) is 4.79 Å². The van der Waals surface area contributed by atoms with Gasteiger partial charge < -0.3 is 5.32 Å². The fraction of sp³-hybridized carbons (Fsp3) is 0.533. The number of hydrogen-bond acceptors (Lipinski definition) is 4. The van der Waals surface area contributed by atoms with E-state index < -0.39 is 10.0 Å². The van der Waals surface area contributed by atoms with Crippen molar-refractivity contribution in [3.63, 3.8) is 0 Å². The quantitative estimate of drug-likeness (QED) is 0.854. The summed E-state index contributed by atoms with van der Waals surface area (Å²) in [5.41, 5.74) is 0.438. The molecule has 6 heteroatoms. The largest absolute Gasteiger partial charge is 0.314 e. The molecule has 0 radical (unpaired) electrons. The van der Waals surface area contributed by atoms with E-state index in [4.69, 9.17) is 0 Å². The molecule has 1 aromatic rings. The lowest BCUT2D eigenvalue weighted by molar-refractivity contribution is 0.101. The van der Waals surface area contributed by atoms with Crippen molar-refractivity contribution in [2.75, 3.05) is 19.6 Å². The van der Waals surface area contributed by atoms with Gasteiger partial charge in [-0.15, -0.1) is 0 Å². The topological polar surface area (TPSA) is 66.5 Å². The van der Waals surface area contributed by atoms with E-state index in [0.717, 1.165) is 19.4 Å². The second-order valence-corrected chi connectivity index (χ2v) is 7.78. The Morgan fingerprint density at radius 1 is 1.33 bits per heavy atom. The summed E-state index contributed by atoms with van der Waals surface area (Å²) in [7, 11) is -3.50. The first-order valence-electron chi connectivity index (χ1n) is 7.33. The van der Waals surface area contributed by atoms with Crippen LogP contribution in [-0.2, 0) is 10.0 Å². The highest BCUT2D eigenvalue weighted by Gasteiger charge is 2.37. The molecule has 2 unspecified atom stereocenters. The molecule has 3 rings (SSSR count). The highest BCUT2D eigenvalue weighted by atomic mass is 32.2. The van der Waals surface area contributed by atoms with Gasteiger partial charge in [0, 0.05) is 24.7 Å². The van der Waals surface area contributed by atoms with Gasteiger partial charge in [-0.2, -0.15) is 4.31 Å². The Bertz CT molecular complexity index is 657. The third kappa shape index (κ3) is 2.75. The van der Waals surface area contributed by atoms with E-state index in [0.29, 0.717) is 30.6 Å². The molecule has 2 fully saturated rings. The minimum atomic E-state index is -3.50. The molecule has 2 saturated heterocycles. The Morgan fingerprint density at radius 3 is 2.90 bits per heavy atom. The summed E-state index contributed by atoms with van der Waals surface area (Å²) in [6, 6.07) is 6.79. The van der Waals surface area contributed by atoms with Gasteiger partial charge in [0.1, 0.15) is 0 Å². The third-order valence-corrected chi connectivity index (χ3v) is 6.36. The molecule has 2 heterocycles. The zero-order valence-electron chi connectivity index (χ0n) is 12.1. The number of carbonyl (C=O) groups excluding carboxylic acids is 1. The summed E-state index contributed by atoms with van der Waals surface area (Å²) in [5, 5.41) is 3.43. The first-order chi connectivity index (χ1) is 9.98. The van der Waals surface area contributed by atoms with Crippen molar-refractivity contribution in [1.82, 2.24) is 9.62 Å². The van der Waals surface area contributed by atoms with Crippen molar-refractivity contribution in [2.45, 2.75) is 30.7 Å². The molecule has 0 saturated carbocycles. The minimum absolute atomic E-state index is 0.120. The Kier molecular flexibility index (Phi) is 3.86. The molecule has 0 bridgehead atoms. The fourth-order valence-corrected chi connectivity index (χ4v) is 4.82. The maximum absolute atomic E-state index is 12.7. The van der Waals surface area contributed by atoms with E-state index in [9.17, 15) is 13.2 Å². The SMILES string of the molecule is CC(=O)c1cccc(S(=O)(=O)N2CCC3NCCC3C2)c1. The lowest BCUT2D eigenvalue weighted by Crippen LogP contribution is -2.46. The predicted octanol–water partition coefficient (Wildman–Crippen LogP) is 1.26. The van der Waals surface area contributed by atoms with Gasteiger partial charge in [-0.05, 0) is 44.4 Å². The maximum Gasteiger partial charge on any atom is 0.243 e. The van der Waals surface area contributed by atoms with E-state index in [1.807, 2.05) is 0 Å². The monoisotopic (exact) mass is 308 g/mol. The number of piperidine rings is 1. The van der Waals surface area contributed by atoms with Crippen LogP contribution in [0.1, 0.15) is 30.1 Å². The highest BCUT2D eigenvalue weighted by molar-refractivity contribution is 7.89. The second-order valence-electron chi connectivity index (χ2n) is 5.85. The number of rotatable bonds is 3. The molecule has 0 aliphatic carbocycles. The number of ketones is 1. The molecule has 1 N–H and O–H groups in total. The fourth-order valence-electron chi connectivity index (χ4n) is 3.26. The van der Waals surface area contributed by atoms with Gasteiger partial charge in [0.25, 0.3) is 0 Å². The van der Waals surface area contributed by atoms with Crippen LogP contribution in [0.2, 0.25) is 0 Å². The summed E-state index contributed by atoms with van der Waals surface area (Å²) >= 11 is 0. The van der Waals surface area contributed by atoms with E-state index in [-0.39, 0.29) is 10.7 Å². The van der Waals surface area contributed by atoms with Crippen LogP contribution in [0.5, 0.6) is 0 Å². The molecule has 0 aromatic heterocycles. The summed E-state index contributed by atoms with van der Waals surface area (Å²) in [6.45, 7) is 3.54. The van der Waals surface area contributed by atoms with Crippen molar-refractivity contribution >= 4 is 15.8 Å². The predicted molar refractivity (Wildman–Crippen MR) is 79.7 cm³/mol. The van der Waals surface area contributed by atoms with E-state index in [1.54, 1.807) is 22.5 Å². The number of fused-ring (bicyclic) bond motifs is 1. The molecular formula is C15H20N2O3S. The first kappa shape index (κ1) is 14.7. The molecular weight excluding hydrogens is 288 g/mol. The van der Waals surface area contributed by atoms with Crippen molar-refractivity contribution in [3.05, 3.63) is 29.8 Å². The molecule has 0 spiro atoms.